The molecule has 0 saturated carbocycles. The molecule has 4 nitrogen and oxygen atoms in total. The van der Waals surface area contributed by atoms with Crippen molar-refractivity contribution >= 4 is 27.0 Å². The van der Waals surface area contributed by atoms with E-state index in [1.807, 2.05) is 18.2 Å². The van der Waals surface area contributed by atoms with Crippen LogP contribution in [-0.2, 0) is 29.3 Å². The molecule has 0 radical (unpaired) electrons. The van der Waals surface area contributed by atoms with Gasteiger partial charge in [0.25, 0.3) is 0 Å². The molecule has 1 aliphatic heterocycles. The maximum absolute atomic E-state index is 12.2. The van der Waals surface area contributed by atoms with E-state index in [1.165, 1.54) is 5.56 Å². The van der Waals surface area contributed by atoms with E-state index in [9.17, 15) is 8.42 Å². The largest absolute Gasteiger partial charge is 0.270 e. The Labute approximate surface area is 164 Å². The monoisotopic (exact) mass is 398 g/mol. The zero-order valence-electron chi connectivity index (χ0n) is 15.3. The number of nitrogens with zero attached hydrogens (tertiary/aromatic N) is 2. The predicted molar refractivity (Wildman–Crippen MR) is 112 cm³/mol. The Bertz CT molecular complexity index is 1040. The minimum absolute atomic E-state index is 0.130. The molecule has 0 atom stereocenters. The molecule has 2 aromatic carbocycles. The summed E-state index contributed by atoms with van der Waals surface area (Å²) in [6.45, 7) is 2.22. The number of aryl methyl sites for hydroxylation is 2. The van der Waals surface area contributed by atoms with E-state index in [1.54, 1.807) is 22.6 Å². The van der Waals surface area contributed by atoms with E-state index in [4.69, 9.17) is 4.98 Å². The molecule has 140 valence electrons. The maximum atomic E-state index is 12.2. The second-order valence-corrected chi connectivity index (χ2v) is 9.80. The van der Waals surface area contributed by atoms with Crippen molar-refractivity contribution in [3.63, 3.8) is 0 Å². The van der Waals surface area contributed by atoms with Gasteiger partial charge >= 0.3 is 0 Å². The van der Waals surface area contributed by atoms with E-state index >= 15 is 0 Å². The smallest absolute Gasteiger partial charge is 0.234 e. The first-order chi connectivity index (χ1) is 13.1. The number of sulfonamides is 1. The van der Waals surface area contributed by atoms with Gasteiger partial charge in [0.1, 0.15) is 0 Å². The first kappa shape index (κ1) is 18.2. The van der Waals surface area contributed by atoms with Crippen LogP contribution < -0.4 is 4.31 Å². The van der Waals surface area contributed by atoms with Crippen molar-refractivity contribution in [2.24, 2.45) is 0 Å². The minimum atomic E-state index is -3.20. The van der Waals surface area contributed by atoms with Crippen LogP contribution in [0.3, 0.4) is 0 Å². The molecule has 6 heteroatoms. The highest BCUT2D eigenvalue weighted by Crippen LogP contribution is 2.34. The Kier molecular flexibility index (Phi) is 5.02. The van der Waals surface area contributed by atoms with Crippen LogP contribution in [0.5, 0.6) is 0 Å². The second-order valence-electron chi connectivity index (χ2n) is 6.68. The van der Waals surface area contributed by atoms with E-state index in [2.05, 4.69) is 35.7 Å². The number of benzene rings is 2. The van der Waals surface area contributed by atoms with E-state index in [-0.39, 0.29) is 5.75 Å². The first-order valence-electron chi connectivity index (χ1n) is 9.19. The number of aromatic nitrogens is 1. The average Bonchev–Trinajstić information content (AvgIpc) is 3.34. The van der Waals surface area contributed by atoms with Gasteiger partial charge in [-0.05, 0) is 43.0 Å². The Morgan fingerprint density at radius 1 is 1.11 bits per heavy atom. The molecule has 0 spiro atoms. The standard InChI is InChI=1S/C21H22N2O2S2/c1-2-27(24,25)23-13-12-18-14-17(9-10-20(18)23)19-15-26-21(22-19)11-8-16-6-4-3-5-7-16/h3-7,9-10,14-15H,2,8,11-13H2,1H3. The molecule has 4 rings (SSSR count). The van der Waals surface area contributed by atoms with Crippen LogP contribution >= 0.6 is 11.3 Å². The third-order valence-electron chi connectivity index (χ3n) is 4.95. The lowest BCUT2D eigenvalue weighted by Crippen LogP contribution is -2.30. The Hall–Kier alpha value is -2.18. The topological polar surface area (TPSA) is 50.3 Å². The number of fused-ring (bicyclic) bond motifs is 1. The van der Waals surface area contributed by atoms with Crippen molar-refractivity contribution in [2.45, 2.75) is 26.2 Å². The number of anilines is 1. The normalized spacial score (nSPS) is 13.7. The van der Waals surface area contributed by atoms with Gasteiger partial charge in [-0.25, -0.2) is 13.4 Å². The molecule has 3 aromatic rings. The molecule has 0 amide bonds. The lowest BCUT2D eigenvalue weighted by molar-refractivity contribution is 0.593. The van der Waals surface area contributed by atoms with Crippen LogP contribution in [0, 0.1) is 0 Å². The Balaban J connectivity index is 1.51. The average molecular weight is 399 g/mol. The number of thiazole rings is 1. The van der Waals surface area contributed by atoms with E-state index < -0.39 is 10.0 Å². The van der Waals surface area contributed by atoms with Gasteiger partial charge in [-0.2, -0.15) is 0 Å². The fourth-order valence-corrected chi connectivity index (χ4v) is 5.40. The van der Waals surface area contributed by atoms with Crippen LogP contribution in [0.4, 0.5) is 5.69 Å². The van der Waals surface area contributed by atoms with Crippen molar-refractivity contribution in [2.75, 3.05) is 16.6 Å². The third kappa shape index (κ3) is 3.77. The molecule has 0 fully saturated rings. The van der Waals surface area contributed by atoms with Crippen LogP contribution in [0.2, 0.25) is 0 Å². The Morgan fingerprint density at radius 2 is 1.93 bits per heavy atom. The first-order valence-corrected chi connectivity index (χ1v) is 11.7. The van der Waals surface area contributed by atoms with Gasteiger partial charge in [0.05, 0.1) is 22.1 Å². The zero-order valence-corrected chi connectivity index (χ0v) is 16.9. The molecule has 27 heavy (non-hydrogen) atoms. The van der Waals surface area contributed by atoms with Gasteiger partial charge in [0.15, 0.2) is 0 Å². The summed E-state index contributed by atoms with van der Waals surface area (Å²) in [5.74, 6) is 0.130. The van der Waals surface area contributed by atoms with Gasteiger partial charge in [-0.15, -0.1) is 11.3 Å². The number of rotatable bonds is 6. The molecule has 1 aliphatic rings. The minimum Gasteiger partial charge on any atom is -0.270 e. The summed E-state index contributed by atoms with van der Waals surface area (Å²) in [5.41, 5.74) is 5.27. The lowest BCUT2D eigenvalue weighted by Gasteiger charge is -2.18. The van der Waals surface area contributed by atoms with Crippen molar-refractivity contribution < 1.29 is 8.42 Å². The summed E-state index contributed by atoms with van der Waals surface area (Å²) in [6, 6.07) is 16.5. The SMILES string of the molecule is CCS(=O)(=O)N1CCc2cc(-c3csc(CCc4ccccc4)n3)ccc21. The predicted octanol–water partition coefficient (Wildman–Crippen LogP) is 4.31. The maximum Gasteiger partial charge on any atom is 0.234 e. The molecule has 0 unspecified atom stereocenters. The van der Waals surface area contributed by atoms with Gasteiger partial charge in [0, 0.05) is 23.9 Å². The molecule has 0 saturated heterocycles. The fraction of sp³-hybridized carbons (Fsp3) is 0.286. The molecule has 2 heterocycles. The van der Waals surface area contributed by atoms with Gasteiger partial charge < -0.3 is 0 Å². The third-order valence-corrected chi connectivity index (χ3v) is 7.64. The van der Waals surface area contributed by atoms with Gasteiger partial charge in [0.2, 0.25) is 10.0 Å². The summed E-state index contributed by atoms with van der Waals surface area (Å²) in [5, 5.41) is 3.22. The van der Waals surface area contributed by atoms with Crippen molar-refractivity contribution in [1.29, 1.82) is 0 Å². The molecule has 0 aliphatic carbocycles. The molecular formula is C21H22N2O2S2. The molecule has 0 N–H and O–H groups in total. The summed E-state index contributed by atoms with van der Waals surface area (Å²) in [6.07, 6.45) is 2.68. The highest BCUT2D eigenvalue weighted by Gasteiger charge is 2.28. The summed E-state index contributed by atoms with van der Waals surface area (Å²) in [7, 11) is -3.20. The quantitative estimate of drug-likeness (QED) is 0.622. The summed E-state index contributed by atoms with van der Waals surface area (Å²) in [4.78, 5) is 4.79. The highest BCUT2D eigenvalue weighted by molar-refractivity contribution is 7.92. The molecule has 1 aromatic heterocycles. The zero-order chi connectivity index (χ0) is 18.9. The summed E-state index contributed by atoms with van der Waals surface area (Å²) < 4.78 is 26.0. The van der Waals surface area contributed by atoms with Crippen LogP contribution in [-0.4, -0.2) is 25.7 Å². The second kappa shape index (κ2) is 7.44. The molecular weight excluding hydrogens is 376 g/mol. The van der Waals surface area contributed by atoms with Crippen molar-refractivity contribution in [1.82, 2.24) is 4.98 Å². The van der Waals surface area contributed by atoms with E-state index in [0.29, 0.717) is 6.54 Å². The lowest BCUT2D eigenvalue weighted by atomic mass is 10.1. The van der Waals surface area contributed by atoms with Crippen molar-refractivity contribution in [3.05, 3.63) is 70.0 Å². The van der Waals surface area contributed by atoms with Crippen LogP contribution in [0.25, 0.3) is 11.3 Å². The van der Waals surface area contributed by atoms with Crippen molar-refractivity contribution in [3.8, 4) is 11.3 Å². The fourth-order valence-electron chi connectivity index (χ4n) is 3.43. The number of hydrogen-bond acceptors (Lipinski definition) is 4. The van der Waals surface area contributed by atoms with Crippen LogP contribution in [0.15, 0.2) is 53.9 Å². The summed E-state index contributed by atoms with van der Waals surface area (Å²) >= 11 is 1.69. The van der Waals surface area contributed by atoms with Crippen LogP contribution in [0.1, 0.15) is 23.1 Å². The van der Waals surface area contributed by atoms with E-state index in [0.717, 1.165) is 46.8 Å². The number of hydrogen-bond donors (Lipinski definition) is 0. The van der Waals surface area contributed by atoms with Gasteiger partial charge in [-0.1, -0.05) is 36.4 Å². The molecule has 0 bridgehead atoms. The highest BCUT2D eigenvalue weighted by atomic mass is 32.2. The Morgan fingerprint density at radius 3 is 2.70 bits per heavy atom. The van der Waals surface area contributed by atoms with Gasteiger partial charge in [-0.3, -0.25) is 4.31 Å².